The number of hydrogen-bond donors (Lipinski definition) is 1. The molecule has 2 aliphatic rings. The van der Waals surface area contributed by atoms with Gasteiger partial charge >= 0.3 is 0 Å². The van der Waals surface area contributed by atoms with E-state index in [1.807, 2.05) is 0 Å². The minimum absolute atomic E-state index is 0.215. The molecule has 3 nitrogen and oxygen atoms in total. The molecule has 1 aromatic rings. The Morgan fingerprint density at radius 1 is 1.35 bits per heavy atom. The molecular formula is C16H20FN3. The molecule has 2 bridgehead atoms. The van der Waals surface area contributed by atoms with Crippen molar-refractivity contribution in [3.63, 3.8) is 0 Å². The van der Waals surface area contributed by atoms with Crippen LogP contribution in [-0.2, 0) is 6.54 Å². The van der Waals surface area contributed by atoms with Crippen LogP contribution in [0.5, 0.6) is 0 Å². The molecular weight excluding hydrogens is 253 g/mol. The summed E-state index contributed by atoms with van der Waals surface area (Å²) in [6, 6.07) is 8.46. The van der Waals surface area contributed by atoms with Crippen molar-refractivity contribution in [2.45, 2.75) is 50.4 Å². The first-order valence-electron chi connectivity index (χ1n) is 7.30. The highest BCUT2D eigenvalue weighted by Crippen LogP contribution is 2.30. The summed E-state index contributed by atoms with van der Waals surface area (Å²) >= 11 is 0. The summed E-state index contributed by atoms with van der Waals surface area (Å²) in [5.41, 5.74) is 1.15. The molecule has 4 heteroatoms. The van der Waals surface area contributed by atoms with E-state index in [0.29, 0.717) is 35.8 Å². The minimum Gasteiger partial charge on any atom is -0.311 e. The Bertz CT molecular complexity index is 525. The third-order valence-electron chi connectivity index (χ3n) is 4.67. The molecule has 0 radical (unpaired) electrons. The predicted octanol–water partition coefficient (Wildman–Crippen LogP) is 2.41. The molecule has 0 saturated carbocycles. The minimum atomic E-state index is -0.215. The molecule has 0 spiro atoms. The van der Waals surface area contributed by atoms with Crippen LogP contribution in [-0.4, -0.2) is 30.1 Å². The Morgan fingerprint density at radius 3 is 2.70 bits per heavy atom. The summed E-state index contributed by atoms with van der Waals surface area (Å²) in [5.74, 6) is -0.215. The van der Waals surface area contributed by atoms with Crippen LogP contribution >= 0.6 is 0 Å². The first-order chi connectivity index (χ1) is 9.65. The molecule has 2 fully saturated rings. The smallest absolute Gasteiger partial charge is 0.127 e. The normalized spacial score (nSPS) is 28.6. The number of nitrogens with one attached hydrogen (secondary N) is 1. The number of halogens is 1. The SMILES string of the molecule is CN(Cc1cc(C#N)ccc1F)C1CC2CCC(C1)N2. The fourth-order valence-corrected chi connectivity index (χ4v) is 3.55. The van der Waals surface area contributed by atoms with E-state index in [1.165, 1.54) is 25.0 Å². The van der Waals surface area contributed by atoms with Crippen LogP contribution in [0.25, 0.3) is 0 Å². The molecule has 0 aliphatic carbocycles. The average Bonchev–Trinajstić information content (AvgIpc) is 2.79. The van der Waals surface area contributed by atoms with Crippen molar-refractivity contribution in [3.8, 4) is 6.07 Å². The van der Waals surface area contributed by atoms with Gasteiger partial charge in [-0.3, -0.25) is 4.90 Å². The Morgan fingerprint density at radius 2 is 2.05 bits per heavy atom. The van der Waals surface area contributed by atoms with Crippen molar-refractivity contribution < 1.29 is 4.39 Å². The van der Waals surface area contributed by atoms with Gasteiger partial charge in [-0.1, -0.05) is 0 Å². The topological polar surface area (TPSA) is 39.1 Å². The first kappa shape index (κ1) is 13.5. The molecule has 2 unspecified atom stereocenters. The first-order valence-corrected chi connectivity index (χ1v) is 7.30. The second-order valence-electron chi connectivity index (χ2n) is 6.10. The molecule has 0 aromatic heterocycles. The van der Waals surface area contributed by atoms with Crippen LogP contribution in [0.2, 0.25) is 0 Å². The van der Waals surface area contributed by atoms with E-state index in [0.717, 1.165) is 12.8 Å². The van der Waals surface area contributed by atoms with Gasteiger partial charge in [0.2, 0.25) is 0 Å². The standard InChI is InChI=1S/C16H20FN3/c1-20(15-7-13-3-4-14(8-15)19-13)10-12-6-11(9-18)2-5-16(12)17/h2,5-6,13-15,19H,3-4,7-8,10H2,1H3. The van der Waals surface area contributed by atoms with Crippen LogP contribution in [0, 0.1) is 17.1 Å². The summed E-state index contributed by atoms with van der Waals surface area (Å²) in [6.45, 7) is 0.575. The van der Waals surface area contributed by atoms with Gasteiger partial charge in [0.15, 0.2) is 0 Å². The van der Waals surface area contributed by atoms with Crippen molar-refractivity contribution in [1.82, 2.24) is 10.2 Å². The zero-order valence-corrected chi connectivity index (χ0v) is 11.8. The van der Waals surface area contributed by atoms with Crippen LogP contribution in [0.3, 0.4) is 0 Å². The molecule has 2 atom stereocenters. The second kappa shape index (κ2) is 5.51. The molecule has 1 N–H and O–H groups in total. The van der Waals surface area contributed by atoms with Crippen LogP contribution in [0.1, 0.15) is 36.8 Å². The summed E-state index contributed by atoms with van der Waals surface area (Å²) in [4.78, 5) is 2.24. The van der Waals surface area contributed by atoms with E-state index in [1.54, 1.807) is 6.07 Å². The Balaban J connectivity index is 1.70. The van der Waals surface area contributed by atoms with Gasteiger partial charge in [-0.15, -0.1) is 0 Å². The number of nitrogens with zero attached hydrogens (tertiary/aromatic N) is 2. The number of nitriles is 1. The fourth-order valence-electron chi connectivity index (χ4n) is 3.55. The molecule has 2 heterocycles. The van der Waals surface area contributed by atoms with E-state index < -0.39 is 0 Å². The van der Waals surface area contributed by atoms with Gasteiger partial charge in [0.05, 0.1) is 11.6 Å². The zero-order chi connectivity index (χ0) is 14.1. The molecule has 106 valence electrons. The third kappa shape index (κ3) is 2.70. The molecule has 0 amide bonds. The Labute approximate surface area is 119 Å². The lowest BCUT2D eigenvalue weighted by atomic mass is 9.98. The lowest BCUT2D eigenvalue weighted by molar-refractivity contribution is 0.164. The maximum atomic E-state index is 13.9. The third-order valence-corrected chi connectivity index (χ3v) is 4.67. The van der Waals surface area contributed by atoms with E-state index >= 15 is 0 Å². The van der Waals surface area contributed by atoms with Gasteiger partial charge < -0.3 is 5.32 Å². The summed E-state index contributed by atoms with van der Waals surface area (Å²) < 4.78 is 13.9. The van der Waals surface area contributed by atoms with Gasteiger partial charge in [0, 0.05) is 30.2 Å². The van der Waals surface area contributed by atoms with Crippen molar-refractivity contribution in [2.24, 2.45) is 0 Å². The Kier molecular flexibility index (Phi) is 3.73. The highest BCUT2D eigenvalue weighted by atomic mass is 19.1. The maximum absolute atomic E-state index is 13.9. The van der Waals surface area contributed by atoms with Gasteiger partial charge in [0.25, 0.3) is 0 Å². The van der Waals surface area contributed by atoms with Gasteiger partial charge in [-0.05, 0) is 50.9 Å². The molecule has 1 aromatic carbocycles. The van der Waals surface area contributed by atoms with E-state index in [4.69, 9.17) is 5.26 Å². The van der Waals surface area contributed by atoms with E-state index in [-0.39, 0.29) is 5.82 Å². The van der Waals surface area contributed by atoms with Crippen molar-refractivity contribution in [1.29, 1.82) is 5.26 Å². The molecule has 2 saturated heterocycles. The number of fused-ring (bicyclic) bond motifs is 2. The zero-order valence-electron chi connectivity index (χ0n) is 11.8. The maximum Gasteiger partial charge on any atom is 0.127 e. The molecule has 2 aliphatic heterocycles. The van der Waals surface area contributed by atoms with Crippen molar-refractivity contribution >= 4 is 0 Å². The van der Waals surface area contributed by atoms with E-state index in [9.17, 15) is 4.39 Å². The lowest BCUT2D eigenvalue weighted by Crippen LogP contribution is -2.46. The van der Waals surface area contributed by atoms with Crippen LogP contribution in [0.15, 0.2) is 18.2 Å². The van der Waals surface area contributed by atoms with Crippen molar-refractivity contribution in [3.05, 3.63) is 35.1 Å². The highest BCUT2D eigenvalue weighted by Gasteiger charge is 2.35. The summed E-state index contributed by atoms with van der Waals surface area (Å²) in [7, 11) is 2.06. The van der Waals surface area contributed by atoms with Crippen LogP contribution in [0.4, 0.5) is 4.39 Å². The highest BCUT2D eigenvalue weighted by molar-refractivity contribution is 5.33. The second-order valence-corrected chi connectivity index (χ2v) is 6.10. The Hall–Kier alpha value is -1.44. The number of hydrogen-bond acceptors (Lipinski definition) is 3. The van der Waals surface area contributed by atoms with Crippen molar-refractivity contribution in [2.75, 3.05) is 7.05 Å². The summed E-state index contributed by atoms with van der Waals surface area (Å²) in [5, 5.41) is 12.5. The number of benzene rings is 1. The molecule has 3 rings (SSSR count). The van der Waals surface area contributed by atoms with E-state index in [2.05, 4.69) is 23.3 Å². The van der Waals surface area contributed by atoms with Gasteiger partial charge in [-0.25, -0.2) is 4.39 Å². The summed E-state index contributed by atoms with van der Waals surface area (Å²) in [6.07, 6.45) is 4.83. The predicted molar refractivity (Wildman–Crippen MR) is 75.5 cm³/mol. The lowest BCUT2D eigenvalue weighted by Gasteiger charge is -2.35. The number of piperidine rings is 1. The molecule has 20 heavy (non-hydrogen) atoms. The number of rotatable bonds is 3. The van der Waals surface area contributed by atoms with Gasteiger partial charge in [0.1, 0.15) is 5.82 Å². The fraction of sp³-hybridized carbons (Fsp3) is 0.562. The quantitative estimate of drug-likeness (QED) is 0.919. The largest absolute Gasteiger partial charge is 0.311 e. The van der Waals surface area contributed by atoms with Gasteiger partial charge in [-0.2, -0.15) is 5.26 Å². The van der Waals surface area contributed by atoms with Crippen LogP contribution < -0.4 is 5.32 Å². The average molecular weight is 273 g/mol. The monoisotopic (exact) mass is 273 g/mol.